The van der Waals surface area contributed by atoms with Gasteiger partial charge in [-0.25, -0.2) is 9.97 Å². The fraction of sp³-hybridized carbons (Fsp3) is 0.0732. The zero-order valence-electron chi connectivity index (χ0n) is 33.6. The van der Waals surface area contributed by atoms with E-state index in [1.165, 1.54) is 16.6 Å². The van der Waals surface area contributed by atoms with Gasteiger partial charge in [0, 0.05) is 29.8 Å². The summed E-state index contributed by atoms with van der Waals surface area (Å²) in [4.78, 5) is 9.84. The van der Waals surface area contributed by atoms with Crippen LogP contribution in [0.15, 0.2) is 152 Å². The van der Waals surface area contributed by atoms with E-state index in [0.29, 0.717) is 11.4 Å². The van der Waals surface area contributed by atoms with Crippen molar-refractivity contribution >= 4 is 76.7 Å². The van der Waals surface area contributed by atoms with E-state index in [1.807, 2.05) is 50.4 Å². The minimum Gasteiger partial charge on any atom is -0.570 e. The van der Waals surface area contributed by atoms with Gasteiger partial charge in [-0.1, -0.05) is 36.4 Å². The Morgan fingerprint density at radius 2 is 1.21 bits per heavy atom. The zero-order valence-corrected chi connectivity index (χ0v) is 40.4. The second-order valence-electron chi connectivity index (χ2n) is 12.7. The van der Waals surface area contributed by atoms with Crippen molar-refractivity contribution < 1.29 is 36.3 Å². The van der Waals surface area contributed by atoms with Crippen LogP contribution in [0.4, 0.5) is 26.3 Å². The second-order valence-corrected chi connectivity index (χ2v) is 15.7. The molecule has 11 nitrogen and oxygen atoms in total. The number of hydrogen-bond acceptors (Lipinski definition) is 5. The maximum atomic E-state index is 12.2. The van der Waals surface area contributed by atoms with Gasteiger partial charge in [-0.2, -0.15) is 31.4 Å². The molecule has 1 aromatic carbocycles. The van der Waals surface area contributed by atoms with Crippen molar-refractivity contribution in [3.05, 3.63) is 169 Å². The Hall–Kier alpha value is -5.16. The molecule has 2 radical (unpaired) electrons. The molecule has 0 aliphatic heterocycles. The van der Waals surface area contributed by atoms with Crippen LogP contribution in [-0.2, 0) is 12.4 Å². The predicted octanol–water partition coefficient (Wildman–Crippen LogP) is 6.43. The molecule has 0 aliphatic rings. The number of benzene rings is 1. The topological polar surface area (TPSA) is 131 Å². The molecule has 0 saturated heterocycles. The van der Waals surface area contributed by atoms with Gasteiger partial charge in [-0.05, 0) is 53.9 Å². The molecule has 1 unspecified atom stereocenters. The number of nitrogens with one attached hydrogen (secondary N) is 2. The maximum absolute atomic E-state index is 12.2. The number of H-pyrrole nitrogens is 2. The van der Waals surface area contributed by atoms with Gasteiger partial charge in [0.05, 0.1) is 11.4 Å². The first-order valence-corrected chi connectivity index (χ1v) is 21.1. The average molecular weight is 955 g/mol. The third kappa shape index (κ3) is 14.4. The molecule has 9 aromatic rings. The number of rotatable bonds is 5. The van der Waals surface area contributed by atoms with Gasteiger partial charge in [-0.15, -0.1) is 0 Å². The van der Waals surface area contributed by atoms with Crippen LogP contribution >= 0.6 is 8.19 Å². The van der Waals surface area contributed by atoms with Crippen LogP contribution in [0.2, 0.25) is 0 Å². The minimum atomic E-state index is -4.44. The third-order valence-electron chi connectivity index (χ3n) is 8.29. The minimum absolute atomic E-state index is 0. The third-order valence-corrected chi connectivity index (χ3v) is 10.9. The van der Waals surface area contributed by atoms with Gasteiger partial charge in [-0.3, -0.25) is 0 Å². The Morgan fingerprint density at radius 1 is 0.651 bits per heavy atom. The number of alkyl halides is 6. The van der Waals surface area contributed by atoms with Crippen molar-refractivity contribution in [2.24, 2.45) is 0 Å². The Kier molecular flexibility index (Phi) is 18.8. The molecule has 0 aliphatic carbocycles. The van der Waals surface area contributed by atoms with E-state index in [2.05, 4.69) is 93.8 Å². The van der Waals surface area contributed by atoms with Crippen molar-refractivity contribution in [2.45, 2.75) is 19.3 Å². The van der Waals surface area contributed by atoms with E-state index in [9.17, 15) is 26.3 Å². The SMILES string of the molecule is Cc1cc(-c2ccccn2)[n]([GaH])n1.FC(F)(F)c1cc(-c2cccc[nH+]2)[n-]n1.FC(F)(F)c1cc(-c2cccc[nH+]2)[n-]n1.[AlH][n]1nc(-c2ccccc2)cc1-c1cccc[pH+]1.[Be+2].[Mg+2]. The summed E-state index contributed by atoms with van der Waals surface area (Å²) >= 11 is 2.79. The molecule has 8 heterocycles. The summed E-state index contributed by atoms with van der Waals surface area (Å²) in [6, 6.07) is 38.8. The summed E-state index contributed by atoms with van der Waals surface area (Å²) in [5.41, 5.74) is 5.99. The summed E-state index contributed by atoms with van der Waals surface area (Å²) < 4.78 is 77.2. The Balaban J connectivity index is 0.000000184. The van der Waals surface area contributed by atoms with Gasteiger partial charge in [0.25, 0.3) is 0 Å². The molecule has 8 aromatic heterocycles. The molecule has 2 N–H and O–H groups in total. The van der Waals surface area contributed by atoms with E-state index in [0.717, 1.165) is 61.9 Å². The zero-order chi connectivity index (χ0) is 43.4. The molecule has 22 heteroatoms. The van der Waals surface area contributed by atoms with E-state index in [4.69, 9.17) is 0 Å². The number of aromatic amines is 2. The van der Waals surface area contributed by atoms with Crippen LogP contribution < -0.4 is 20.2 Å². The summed E-state index contributed by atoms with van der Waals surface area (Å²) in [7, 11) is 0.731. The number of aromatic nitrogens is 11. The normalized spacial score (nSPS) is 10.8. The van der Waals surface area contributed by atoms with Crippen LogP contribution in [0.5, 0.6) is 0 Å². The Labute approximate surface area is 397 Å². The van der Waals surface area contributed by atoms with Gasteiger partial charge in [0.1, 0.15) is 25.4 Å². The molecule has 9 rings (SSSR count). The van der Waals surface area contributed by atoms with Gasteiger partial charge < -0.3 is 24.1 Å². The fourth-order valence-corrected chi connectivity index (χ4v) is 7.94. The van der Waals surface area contributed by atoms with Gasteiger partial charge in [0.15, 0.2) is 29.1 Å². The second kappa shape index (κ2) is 23.5. The Bertz CT molecular complexity index is 2640. The largest absolute Gasteiger partial charge is 2.00 e. The van der Waals surface area contributed by atoms with Crippen molar-refractivity contribution in [2.75, 3.05) is 0 Å². The molecule has 304 valence electrons. The van der Waals surface area contributed by atoms with E-state index < -0.39 is 23.7 Å². The van der Waals surface area contributed by atoms with Gasteiger partial charge in [0.2, 0.25) is 0 Å². The number of halogens is 6. The molecule has 63 heavy (non-hydrogen) atoms. The van der Waals surface area contributed by atoms with Crippen LogP contribution in [-0.4, -0.2) is 101 Å². The molecule has 1 atom stereocenters. The van der Waals surface area contributed by atoms with Crippen molar-refractivity contribution in [1.29, 1.82) is 0 Å². The summed E-state index contributed by atoms with van der Waals surface area (Å²) in [5.74, 6) is 2.20. The number of nitrogens with zero attached hydrogens (tertiary/aromatic N) is 9. The van der Waals surface area contributed by atoms with E-state index in [1.54, 1.807) is 71.5 Å². The monoisotopic (exact) mass is 953 g/mol. The molecule has 0 spiro atoms. The number of hydrogen-bond donors (Lipinski definition) is 0. The summed E-state index contributed by atoms with van der Waals surface area (Å²) in [5, 5.41) is 23.3. The van der Waals surface area contributed by atoms with Gasteiger partial charge >= 0.3 is 149 Å². The predicted molar refractivity (Wildman–Crippen MR) is 233 cm³/mol. The first kappa shape index (κ1) is 50.5. The number of aryl methyl sites for hydroxylation is 1. The van der Waals surface area contributed by atoms with Crippen molar-refractivity contribution in [3.63, 3.8) is 0 Å². The fourth-order valence-electron chi connectivity index (χ4n) is 5.44. The molecule has 0 saturated carbocycles. The summed E-state index contributed by atoms with van der Waals surface area (Å²) in [6.45, 7) is 2.00. The molecular formula is C41H33AlBeF6GaMgN11P+5. The smallest absolute Gasteiger partial charge is 0.570 e. The van der Waals surface area contributed by atoms with E-state index in [-0.39, 0.29) is 44.6 Å². The van der Waals surface area contributed by atoms with Crippen LogP contribution in [0.3, 0.4) is 0 Å². The molecule has 0 amide bonds. The quantitative estimate of drug-likeness (QED) is 0.144. The average Bonchev–Trinajstić information content (AvgIpc) is 4.10. The standard InChI is InChI=1S/C14H10N2P.2C9H5F3N3.C9H8N3.Al.Be.Ga.Mg.2H/c1-2-6-11(7-3-1)12-10-13(16-15-12)14-8-4-5-9-17-14;2*10-9(11,12)8-5-7(14-15-8)6-3-1-2-4-13-6;1-7-6-9(12-11-7)8-4-2-3-5-10-8;;;;;;/h1-10H;2*1-5H;2-6H,1H3;;;;;;/q4*-1;+1;+2;+1;+2;;/p+3. The Morgan fingerprint density at radius 3 is 1.65 bits per heavy atom. The van der Waals surface area contributed by atoms with E-state index >= 15 is 0 Å². The number of pyridine rings is 3. The molecular weight excluding hydrogens is 922 g/mol. The first-order valence-electron chi connectivity index (χ1n) is 18.1. The first-order chi connectivity index (χ1) is 29.3. The summed E-state index contributed by atoms with van der Waals surface area (Å²) in [6.07, 6.45) is -3.87. The van der Waals surface area contributed by atoms with Crippen LogP contribution in [0.1, 0.15) is 17.1 Å². The maximum Gasteiger partial charge on any atom is 2.00 e. The molecule has 0 fully saturated rings. The van der Waals surface area contributed by atoms with Crippen LogP contribution in [0.25, 0.3) is 56.4 Å². The molecule has 0 bridgehead atoms. The van der Waals surface area contributed by atoms with Crippen molar-refractivity contribution in [3.8, 4) is 56.4 Å². The van der Waals surface area contributed by atoms with Crippen LogP contribution in [0, 0.1) is 6.92 Å². The van der Waals surface area contributed by atoms with Crippen molar-refractivity contribution in [1.82, 2.24) is 42.6 Å².